The summed E-state index contributed by atoms with van der Waals surface area (Å²) < 4.78 is 22.8. The van der Waals surface area contributed by atoms with Crippen LogP contribution >= 0.6 is 0 Å². The Bertz CT molecular complexity index is 1270. The summed E-state index contributed by atoms with van der Waals surface area (Å²) in [5.41, 5.74) is 2.54. The molecule has 4 heterocycles. The highest BCUT2D eigenvalue weighted by atomic mass is 19.1. The molecule has 0 bridgehead atoms. The Kier molecular flexibility index (Phi) is 4.79. The molecule has 0 radical (unpaired) electrons. The first-order valence-corrected chi connectivity index (χ1v) is 9.67. The summed E-state index contributed by atoms with van der Waals surface area (Å²) >= 11 is 0. The number of carbonyl (C=O) groups excluding carboxylic acids is 1. The van der Waals surface area contributed by atoms with E-state index in [1.165, 1.54) is 17.0 Å². The van der Waals surface area contributed by atoms with Crippen molar-refractivity contribution in [2.75, 3.05) is 30.0 Å². The predicted molar refractivity (Wildman–Crippen MR) is 110 cm³/mol. The largest absolute Gasteiger partial charge is 0.370 e. The van der Waals surface area contributed by atoms with E-state index in [-0.39, 0.29) is 19.1 Å². The number of anilines is 3. The van der Waals surface area contributed by atoms with Crippen molar-refractivity contribution in [2.24, 2.45) is 7.05 Å². The van der Waals surface area contributed by atoms with Crippen molar-refractivity contribution in [3.8, 4) is 0 Å². The summed E-state index contributed by atoms with van der Waals surface area (Å²) in [6.07, 6.45) is 6.82. The number of rotatable bonds is 5. The molecule has 1 amide bonds. The summed E-state index contributed by atoms with van der Waals surface area (Å²) in [7, 11) is 1.82. The Hall–Kier alpha value is -3.86. The summed E-state index contributed by atoms with van der Waals surface area (Å²) in [5, 5.41) is 12.3. The number of fused-ring (bicyclic) bond motifs is 1. The van der Waals surface area contributed by atoms with Gasteiger partial charge >= 0.3 is 0 Å². The number of nitrogens with zero attached hydrogens (tertiary/aromatic N) is 7. The molecule has 0 saturated carbocycles. The van der Waals surface area contributed by atoms with Gasteiger partial charge in [0.2, 0.25) is 5.95 Å². The zero-order valence-corrected chi connectivity index (χ0v) is 16.7. The average molecular weight is 422 g/mol. The second kappa shape index (κ2) is 7.76. The molecule has 0 aliphatic carbocycles. The maximum Gasteiger partial charge on any atom is 0.253 e. The van der Waals surface area contributed by atoms with Crippen molar-refractivity contribution >= 4 is 34.3 Å². The number of hydrogen-bond acceptors (Lipinski definition) is 7. The summed E-state index contributed by atoms with van der Waals surface area (Å²) in [5.74, 6) is -0.205. The van der Waals surface area contributed by atoms with E-state index >= 15 is 0 Å². The number of hydrogen-bond donors (Lipinski definition) is 1. The van der Waals surface area contributed by atoms with Crippen molar-refractivity contribution in [3.05, 3.63) is 54.4 Å². The monoisotopic (exact) mass is 422 g/mol. The van der Waals surface area contributed by atoms with Crippen LogP contribution in [-0.2, 0) is 23.1 Å². The molecule has 5 rings (SSSR count). The third-order valence-corrected chi connectivity index (χ3v) is 4.91. The first-order chi connectivity index (χ1) is 15.0. The van der Waals surface area contributed by atoms with Gasteiger partial charge in [-0.1, -0.05) is 0 Å². The van der Waals surface area contributed by atoms with E-state index < -0.39 is 5.82 Å². The number of halogens is 1. The predicted octanol–water partition coefficient (Wildman–Crippen LogP) is 1.85. The number of benzene rings is 1. The first-order valence-electron chi connectivity index (χ1n) is 9.67. The molecule has 158 valence electrons. The lowest BCUT2D eigenvalue weighted by atomic mass is 10.1. The number of ether oxygens (including phenoxy) is 1. The number of aryl methyl sites for hydroxylation is 1. The number of amides is 1. The Morgan fingerprint density at radius 3 is 2.90 bits per heavy atom. The van der Waals surface area contributed by atoms with Gasteiger partial charge in [0.15, 0.2) is 5.65 Å². The van der Waals surface area contributed by atoms with E-state index in [1.807, 2.05) is 13.2 Å². The van der Waals surface area contributed by atoms with Crippen molar-refractivity contribution in [3.63, 3.8) is 0 Å². The fraction of sp³-hybridized carbons (Fsp3) is 0.250. The summed E-state index contributed by atoms with van der Waals surface area (Å²) in [4.78, 5) is 22.5. The van der Waals surface area contributed by atoms with Crippen LogP contribution < -0.4 is 10.2 Å². The van der Waals surface area contributed by atoms with Crippen molar-refractivity contribution in [1.82, 2.24) is 29.5 Å². The van der Waals surface area contributed by atoms with Crippen molar-refractivity contribution < 1.29 is 13.9 Å². The van der Waals surface area contributed by atoms with E-state index in [1.54, 1.807) is 34.0 Å². The minimum Gasteiger partial charge on any atom is -0.370 e. The van der Waals surface area contributed by atoms with E-state index in [9.17, 15) is 9.18 Å². The summed E-state index contributed by atoms with van der Waals surface area (Å²) in [6.45, 7) is 1.10. The molecule has 31 heavy (non-hydrogen) atoms. The van der Waals surface area contributed by atoms with Crippen molar-refractivity contribution in [1.29, 1.82) is 0 Å². The van der Waals surface area contributed by atoms with Crippen LogP contribution in [0.5, 0.6) is 0 Å². The van der Waals surface area contributed by atoms with Gasteiger partial charge in [-0.3, -0.25) is 9.48 Å². The fourth-order valence-corrected chi connectivity index (χ4v) is 3.50. The quantitative estimate of drug-likeness (QED) is 0.524. The van der Waals surface area contributed by atoms with E-state index in [2.05, 4.69) is 25.5 Å². The second-order valence-electron chi connectivity index (χ2n) is 7.22. The SMILES string of the molecule is Cn1cc(Nc2ncc3cnn(Cc4cc(F)cc(N5CCOCC5=O)c4)c3n2)cn1. The van der Waals surface area contributed by atoms with Crippen LogP contribution in [0.25, 0.3) is 11.0 Å². The van der Waals surface area contributed by atoms with Crippen LogP contribution in [0.4, 0.5) is 21.7 Å². The highest BCUT2D eigenvalue weighted by Gasteiger charge is 2.21. The van der Waals surface area contributed by atoms with Crippen LogP contribution in [0.2, 0.25) is 0 Å². The zero-order valence-electron chi connectivity index (χ0n) is 16.7. The molecule has 0 spiro atoms. The Morgan fingerprint density at radius 2 is 2.10 bits per heavy atom. The third-order valence-electron chi connectivity index (χ3n) is 4.91. The standard InChI is InChI=1S/C20H19FN8O2/c1-27-11-16(9-23-27)25-20-22-7-14-8-24-29(19(14)26-20)10-13-4-15(21)6-17(5-13)28-2-3-31-12-18(28)30/h4-9,11H,2-3,10,12H2,1H3,(H,22,25,26). The van der Waals surface area contributed by atoms with Gasteiger partial charge in [0.05, 0.1) is 36.6 Å². The van der Waals surface area contributed by atoms with Gasteiger partial charge in [-0.2, -0.15) is 15.2 Å². The maximum absolute atomic E-state index is 14.3. The van der Waals surface area contributed by atoms with Crippen LogP contribution in [0.3, 0.4) is 0 Å². The Morgan fingerprint density at radius 1 is 1.19 bits per heavy atom. The van der Waals surface area contributed by atoms with Crippen LogP contribution in [0, 0.1) is 5.82 Å². The van der Waals surface area contributed by atoms with Gasteiger partial charge in [-0.25, -0.2) is 14.1 Å². The highest BCUT2D eigenvalue weighted by molar-refractivity contribution is 5.94. The minimum atomic E-state index is -0.420. The molecule has 4 aromatic rings. The van der Waals surface area contributed by atoms with E-state index in [4.69, 9.17) is 4.74 Å². The number of nitrogens with one attached hydrogen (secondary N) is 1. The number of carbonyl (C=O) groups is 1. The molecular formula is C20H19FN8O2. The molecule has 11 heteroatoms. The van der Waals surface area contributed by atoms with E-state index in [0.717, 1.165) is 11.1 Å². The first kappa shape index (κ1) is 19.1. The van der Waals surface area contributed by atoms with Gasteiger partial charge in [-0.15, -0.1) is 0 Å². The molecule has 1 aromatic carbocycles. The lowest BCUT2D eigenvalue weighted by Gasteiger charge is -2.27. The molecule has 0 atom stereocenters. The Labute approximate surface area is 176 Å². The molecule has 0 unspecified atom stereocenters. The zero-order chi connectivity index (χ0) is 21.4. The maximum atomic E-state index is 14.3. The topological polar surface area (TPSA) is 103 Å². The van der Waals surface area contributed by atoms with Gasteiger partial charge in [0.1, 0.15) is 12.4 Å². The minimum absolute atomic E-state index is 0.000723. The van der Waals surface area contributed by atoms with Gasteiger partial charge < -0.3 is 15.0 Å². The average Bonchev–Trinajstić information content (AvgIpc) is 3.34. The lowest BCUT2D eigenvalue weighted by Crippen LogP contribution is -2.41. The Balaban J connectivity index is 1.43. The normalized spacial score (nSPS) is 14.4. The molecule has 1 aliphatic heterocycles. The summed E-state index contributed by atoms with van der Waals surface area (Å²) in [6, 6.07) is 4.57. The van der Waals surface area contributed by atoms with Crippen LogP contribution in [0.15, 0.2) is 43.0 Å². The van der Waals surface area contributed by atoms with Gasteiger partial charge in [0, 0.05) is 31.7 Å². The molecule has 1 N–H and O–H groups in total. The smallest absolute Gasteiger partial charge is 0.253 e. The number of aromatic nitrogens is 6. The van der Waals surface area contributed by atoms with Crippen LogP contribution in [-0.4, -0.2) is 55.2 Å². The van der Waals surface area contributed by atoms with Gasteiger partial charge in [-0.05, 0) is 23.8 Å². The lowest BCUT2D eigenvalue weighted by molar-refractivity contribution is -0.125. The van der Waals surface area contributed by atoms with Crippen LogP contribution in [0.1, 0.15) is 5.56 Å². The molecule has 10 nitrogen and oxygen atoms in total. The fourth-order valence-electron chi connectivity index (χ4n) is 3.50. The highest BCUT2D eigenvalue weighted by Crippen LogP contribution is 2.22. The molecule has 1 fully saturated rings. The third kappa shape index (κ3) is 3.94. The molecular weight excluding hydrogens is 403 g/mol. The van der Waals surface area contributed by atoms with E-state index in [0.29, 0.717) is 36.0 Å². The van der Waals surface area contributed by atoms with Gasteiger partial charge in [0.25, 0.3) is 5.91 Å². The molecule has 1 aliphatic rings. The number of morpholine rings is 1. The molecule has 3 aromatic heterocycles. The van der Waals surface area contributed by atoms with Crippen molar-refractivity contribution in [2.45, 2.75) is 6.54 Å². The second-order valence-corrected chi connectivity index (χ2v) is 7.22. The molecule has 1 saturated heterocycles.